The van der Waals surface area contributed by atoms with Crippen molar-refractivity contribution in [3.63, 3.8) is 0 Å². The first kappa shape index (κ1) is 31.4. The van der Waals surface area contributed by atoms with Crippen molar-refractivity contribution < 1.29 is 49.0 Å². The molecule has 2 aliphatic heterocycles. The molecule has 5 rings (SSSR count). The van der Waals surface area contributed by atoms with Gasteiger partial charge in [-0.2, -0.15) is 0 Å². The molecule has 0 radical (unpaired) electrons. The summed E-state index contributed by atoms with van der Waals surface area (Å²) in [5.74, 6) is -2.79. The maximum Gasteiger partial charge on any atom is 0.336 e. The van der Waals surface area contributed by atoms with Gasteiger partial charge in [0.2, 0.25) is 5.91 Å². The second kappa shape index (κ2) is 12.6. The van der Waals surface area contributed by atoms with Gasteiger partial charge in [0.1, 0.15) is 18.0 Å². The van der Waals surface area contributed by atoms with Gasteiger partial charge in [-0.05, 0) is 88.5 Å². The van der Waals surface area contributed by atoms with Crippen molar-refractivity contribution >= 4 is 40.2 Å². The van der Waals surface area contributed by atoms with Gasteiger partial charge in [0.15, 0.2) is 18.0 Å². The zero-order chi connectivity index (χ0) is 31.1. The van der Waals surface area contributed by atoms with Crippen molar-refractivity contribution in [2.24, 2.45) is 5.92 Å². The number of halogens is 2. The molecule has 5 N–H and O–H groups in total. The highest BCUT2D eigenvalue weighted by Gasteiger charge is 2.59. The first-order valence-electron chi connectivity index (χ1n) is 13.6. The van der Waals surface area contributed by atoms with Gasteiger partial charge < -0.3 is 39.9 Å². The lowest BCUT2D eigenvalue weighted by atomic mass is 9.74. The normalized spacial score (nSPS) is 29.7. The number of aliphatic hydroxyl groups is 4. The Morgan fingerprint density at radius 2 is 1.79 bits per heavy atom. The third-order valence-electron chi connectivity index (χ3n) is 8.19. The van der Waals surface area contributed by atoms with Crippen LogP contribution in [0, 0.1) is 15.3 Å². The van der Waals surface area contributed by atoms with Gasteiger partial charge in [-0.3, -0.25) is 4.79 Å². The average molecular weight is 707 g/mol. The molecule has 0 saturated carbocycles. The summed E-state index contributed by atoms with van der Waals surface area (Å²) in [4.78, 5) is 27.3. The number of carboxylic acid groups (broad SMARTS) is 1. The molecule has 8 atom stereocenters. The molecule has 0 bridgehead atoms. The van der Waals surface area contributed by atoms with Crippen LogP contribution in [0.5, 0.6) is 0 Å². The molecule has 0 unspecified atom stereocenters. The Balaban J connectivity index is 1.50. The Hall–Kier alpha value is -2.98. The molecule has 10 nitrogen and oxygen atoms in total. The molecule has 0 spiro atoms. The van der Waals surface area contributed by atoms with Gasteiger partial charge in [-0.1, -0.05) is 36.4 Å². The van der Waals surface area contributed by atoms with Gasteiger partial charge >= 0.3 is 5.97 Å². The Morgan fingerprint density at radius 1 is 1.12 bits per heavy atom. The summed E-state index contributed by atoms with van der Waals surface area (Å²) >= 11 is 2.15. The van der Waals surface area contributed by atoms with E-state index in [9.17, 15) is 39.5 Å². The van der Waals surface area contributed by atoms with E-state index in [0.29, 0.717) is 16.8 Å². The summed E-state index contributed by atoms with van der Waals surface area (Å²) < 4.78 is 24.6. The van der Waals surface area contributed by atoms with Crippen molar-refractivity contribution in [3.8, 4) is 0 Å². The fourth-order valence-corrected chi connectivity index (χ4v) is 6.27. The van der Waals surface area contributed by atoms with E-state index in [2.05, 4.69) is 22.6 Å². The van der Waals surface area contributed by atoms with Crippen molar-refractivity contribution in [2.45, 2.75) is 55.2 Å². The Bertz CT molecular complexity index is 1470. The van der Waals surface area contributed by atoms with Gasteiger partial charge in [-0.25, -0.2) is 9.18 Å². The minimum Gasteiger partial charge on any atom is -0.479 e. The number of ether oxygens (including phenoxy) is 2. The molecule has 3 aromatic rings. The van der Waals surface area contributed by atoms with Gasteiger partial charge in [0, 0.05) is 16.4 Å². The standard InChI is InChI=1S/C31H31FINO9/c1-42-30-25(36)26(37)31(41,27(43-30)29(39)40)18-4-2-3-17(15-18)24-22(13-14-23(35)16-5-7-19(32)8-6-16)28(38)34(24)21-11-9-20(33)10-12-21/h2-12,15,22-27,30,35-37,41H,13-14H2,1H3,(H,39,40)/t22-,23+,24-,25-,26-,27-,30-,31+/m1/s1. The van der Waals surface area contributed by atoms with Gasteiger partial charge in [0.05, 0.1) is 18.1 Å². The lowest BCUT2D eigenvalue weighted by Crippen LogP contribution is -2.66. The van der Waals surface area contributed by atoms with E-state index < -0.39 is 60.1 Å². The molecule has 0 aliphatic carbocycles. The van der Waals surface area contributed by atoms with Crippen LogP contribution in [0.1, 0.15) is 41.7 Å². The molecular formula is C31H31FINO9. The van der Waals surface area contributed by atoms with Crippen LogP contribution in [0.15, 0.2) is 72.8 Å². The lowest BCUT2D eigenvalue weighted by Gasteiger charge is -2.49. The molecule has 2 aliphatic rings. The van der Waals surface area contributed by atoms with Crippen molar-refractivity contribution in [3.05, 3.63) is 98.9 Å². The maximum atomic E-state index is 13.5. The number of methoxy groups -OCH3 is 1. The van der Waals surface area contributed by atoms with E-state index in [0.717, 1.165) is 3.57 Å². The van der Waals surface area contributed by atoms with E-state index in [-0.39, 0.29) is 24.3 Å². The zero-order valence-corrected chi connectivity index (χ0v) is 25.1. The number of hydrogen-bond acceptors (Lipinski definition) is 8. The monoisotopic (exact) mass is 707 g/mol. The molecule has 2 fully saturated rings. The lowest BCUT2D eigenvalue weighted by molar-refractivity contribution is -0.322. The Morgan fingerprint density at radius 3 is 2.42 bits per heavy atom. The van der Waals surface area contributed by atoms with Crippen LogP contribution in [-0.2, 0) is 24.7 Å². The third-order valence-corrected chi connectivity index (χ3v) is 8.91. The molecule has 1 amide bonds. The summed E-state index contributed by atoms with van der Waals surface area (Å²) in [5.41, 5.74) is -0.929. The second-order valence-electron chi connectivity index (χ2n) is 10.7. The number of hydrogen-bond donors (Lipinski definition) is 5. The van der Waals surface area contributed by atoms with E-state index in [1.807, 2.05) is 12.1 Å². The highest BCUT2D eigenvalue weighted by molar-refractivity contribution is 14.1. The number of aliphatic hydroxyl groups excluding tert-OH is 3. The first-order chi connectivity index (χ1) is 20.5. The molecule has 2 heterocycles. The minimum absolute atomic E-state index is 0.0366. The van der Waals surface area contributed by atoms with E-state index in [1.165, 1.54) is 43.5 Å². The first-order valence-corrected chi connectivity index (χ1v) is 14.7. The number of carbonyl (C=O) groups excluding carboxylic acids is 1. The molecule has 0 aromatic heterocycles. The van der Waals surface area contributed by atoms with Crippen LogP contribution < -0.4 is 4.90 Å². The van der Waals surface area contributed by atoms with Crippen LogP contribution in [-0.4, -0.2) is 69.1 Å². The summed E-state index contributed by atoms with van der Waals surface area (Å²) in [6.07, 6.45) is -7.67. The smallest absolute Gasteiger partial charge is 0.336 e. The van der Waals surface area contributed by atoms with Crippen LogP contribution in [0.25, 0.3) is 0 Å². The number of nitrogens with zero attached hydrogens (tertiary/aromatic N) is 1. The van der Waals surface area contributed by atoms with Crippen LogP contribution in [0.4, 0.5) is 10.1 Å². The van der Waals surface area contributed by atoms with Gasteiger partial charge in [-0.15, -0.1) is 0 Å². The number of amides is 1. The topological polar surface area (TPSA) is 157 Å². The highest BCUT2D eigenvalue weighted by atomic mass is 127. The summed E-state index contributed by atoms with van der Waals surface area (Å²) in [7, 11) is 1.17. The number of rotatable bonds is 9. The summed E-state index contributed by atoms with van der Waals surface area (Å²) in [6, 6.07) is 18.4. The fourth-order valence-electron chi connectivity index (χ4n) is 5.91. The number of carbonyl (C=O) groups is 2. The number of anilines is 1. The fraction of sp³-hybridized carbons (Fsp3) is 0.355. The summed E-state index contributed by atoms with van der Waals surface area (Å²) in [6.45, 7) is 0. The number of carboxylic acids is 1. The van der Waals surface area contributed by atoms with Gasteiger partial charge in [0.25, 0.3) is 0 Å². The van der Waals surface area contributed by atoms with Crippen LogP contribution in [0.3, 0.4) is 0 Å². The average Bonchev–Trinajstić information content (AvgIpc) is 2.99. The molecule has 12 heteroatoms. The number of benzene rings is 3. The predicted octanol–water partition coefficient (Wildman–Crippen LogP) is 3.01. The van der Waals surface area contributed by atoms with Crippen molar-refractivity contribution in [1.82, 2.24) is 0 Å². The quantitative estimate of drug-likeness (QED) is 0.167. The van der Waals surface area contributed by atoms with Crippen molar-refractivity contribution in [2.75, 3.05) is 12.0 Å². The Labute approximate surface area is 260 Å². The molecule has 2 saturated heterocycles. The molecule has 228 valence electrons. The number of β-lactam (4-membered cyclic amide) rings is 1. The van der Waals surface area contributed by atoms with Crippen molar-refractivity contribution in [1.29, 1.82) is 0 Å². The van der Waals surface area contributed by atoms with E-state index in [1.54, 1.807) is 29.2 Å². The third kappa shape index (κ3) is 5.80. The molecular weight excluding hydrogens is 676 g/mol. The molecule has 43 heavy (non-hydrogen) atoms. The maximum absolute atomic E-state index is 13.5. The van der Waals surface area contributed by atoms with Crippen LogP contribution in [0.2, 0.25) is 0 Å². The Kier molecular flexibility index (Phi) is 9.18. The largest absolute Gasteiger partial charge is 0.479 e. The number of aliphatic carboxylic acids is 1. The minimum atomic E-state index is -2.56. The second-order valence-corrected chi connectivity index (χ2v) is 12.0. The van der Waals surface area contributed by atoms with Crippen LogP contribution >= 0.6 is 22.6 Å². The summed E-state index contributed by atoms with van der Waals surface area (Å²) in [5, 5.41) is 53.8. The zero-order valence-electron chi connectivity index (χ0n) is 23.0. The highest BCUT2D eigenvalue weighted by Crippen LogP contribution is 2.48. The van der Waals surface area contributed by atoms with E-state index in [4.69, 9.17) is 9.47 Å². The van der Waals surface area contributed by atoms with E-state index >= 15 is 0 Å². The SMILES string of the molecule is CO[C@@H]1O[C@H](C(=O)O)[C@](O)(c2cccc([C@@H]3[C@@H](CC[C@H](O)c4ccc(F)cc4)C(=O)N3c3ccc(I)cc3)c2)[C@H](O)[C@H]1O. The predicted molar refractivity (Wildman–Crippen MR) is 159 cm³/mol. The molecule has 3 aromatic carbocycles.